The van der Waals surface area contributed by atoms with Crippen LogP contribution in [0.4, 0.5) is 9.59 Å². The maximum Gasteiger partial charge on any atom is 0.439 e. The van der Waals surface area contributed by atoms with Gasteiger partial charge in [-0.25, -0.2) is 14.4 Å². The Balaban J connectivity index is 2.37. The quantitative estimate of drug-likeness (QED) is 0.504. The maximum atomic E-state index is 11.6. The summed E-state index contributed by atoms with van der Waals surface area (Å²) in [5.74, 6) is -1.35. The van der Waals surface area contributed by atoms with Crippen molar-refractivity contribution >= 4 is 18.2 Å². The van der Waals surface area contributed by atoms with Gasteiger partial charge < -0.3 is 20.5 Å². The van der Waals surface area contributed by atoms with E-state index in [1.54, 1.807) is 45.0 Å². The summed E-state index contributed by atoms with van der Waals surface area (Å²) in [6, 6.07) is 7.55. The lowest BCUT2D eigenvalue weighted by atomic mass is 10.2. The number of carbonyl (C=O) groups excluding carboxylic acids is 2. The van der Waals surface area contributed by atoms with Crippen LogP contribution in [0.5, 0.6) is 0 Å². The number of rotatable bonds is 7. The van der Waals surface area contributed by atoms with Crippen LogP contribution < -0.4 is 10.6 Å². The highest BCUT2D eigenvalue weighted by atomic mass is 17.2. The fraction of sp³-hybridized carbons (Fsp3) is 0.438. The summed E-state index contributed by atoms with van der Waals surface area (Å²) >= 11 is 0. The molecule has 0 saturated carbocycles. The van der Waals surface area contributed by atoms with Crippen molar-refractivity contribution in [1.82, 2.24) is 10.6 Å². The summed E-state index contributed by atoms with van der Waals surface area (Å²) in [6.07, 6.45) is -1.89. The molecule has 0 aromatic heterocycles. The predicted molar refractivity (Wildman–Crippen MR) is 86.5 cm³/mol. The van der Waals surface area contributed by atoms with E-state index in [2.05, 4.69) is 15.5 Å². The van der Waals surface area contributed by atoms with Crippen molar-refractivity contribution in [3.63, 3.8) is 0 Å². The molecule has 0 fully saturated rings. The van der Waals surface area contributed by atoms with E-state index >= 15 is 0 Å². The Morgan fingerprint density at radius 1 is 1.12 bits per heavy atom. The number of nitrogens with one attached hydrogen (secondary N) is 2. The second-order valence-electron chi connectivity index (χ2n) is 6.04. The number of hydrogen-bond acceptors (Lipinski definition) is 6. The summed E-state index contributed by atoms with van der Waals surface area (Å²) in [6.45, 7) is 4.64. The van der Waals surface area contributed by atoms with Crippen molar-refractivity contribution in [3.8, 4) is 0 Å². The minimum absolute atomic E-state index is 0.0160. The Bertz CT molecular complexity index is 584. The molecular formula is C16H22N2O7. The summed E-state index contributed by atoms with van der Waals surface area (Å²) in [7, 11) is 0. The van der Waals surface area contributed by atoms with E-state index in [9.17, 15) is 14.4 Å². The minimum atomic E-state index is -1.40. The molecular weight excluding hydrogens is 332 g/mol. The maximum absolute atomic E-state index is 11.6. The van der Waals surface area contributed by atoms with Crippen LogP contribution in [0.15, 0.2) is 30.3 Å². The summed E-state index contributed by atoms with van der Waals surface area (Å²) in [4.78, 5) is 43.4. The van der Waals surface area contributed by atoms with Crippen LogP contribution in [0.1, 0.15) is 26.3 Å². The standard InChI is InChI=1S/C16H22N2O7/c1-16(2,3)24-14(21)17-9-12(13(19)20)18-15(22)25-23-10-11-7-5-4-6-8-11/h4-8,12H,9-10H2,1-3H3,(H,17,21)(H,18,22)(H,19,20)/t12-/m0/s1. The number of ether oxygens (including phenoxy) is 1. The Morgan fingerprint density at radius 3 is 2.32 bits per heavy atom. The van der Waals surface area contributed by atoms with Crippen molar-refractivity contribution in [2.45, 2.75) is 39.0 Å². The zero-order valence-electron chi connectivity index (χ0n) is 14.3. The number of alkyl carbamates (subject to hydrolysis) is 1. The van der Waals surface area contributed by atoms with Gasteiger partial charge in [0.05, 0.1) is 6.54 Å². The lowest BCUT2D eigenvalue weighted by Crippen LogP contribution is -2.49. The van der Waals surface area contributed by atoms with Crippen molar-refractivity contribution in [1.29, 1.82) is 0 Å². The smallest absolute Gasteiger partial charge is 0.439 e. The van der Waals surface area contributed by atoms with Crippen LogP contribution in [0.3, 0.4) is 0 Å². The second kappa shape index (κ2) is 9.48. The van der Waals surface area contributed by atoms with Crippen molar-refractivity contribution in [2.75, 3.05) is 6.54 Å². The number of benzene rings is 1. The summed E-state index contributed by atoms with van der Waals surface area (Å²) < 4.78 is 4.98. The van der Waals surface area contributed by atoms with Gasteiger partial charge in [-0.1, -0.05) is 30.3 Å². The van der Waals surface area contributed by atoms with E-state index in [1.807, 2.05) is 6.07 Å². The Hall–Kier alpha value is -2.81. The van der Waals surface area contributed by atoms with Gasteiger partial charge in [0.15, 0.2) is 0 Å². The van der Waals surface area contributed by atoms with Gasteiger partial charge in [0.25, 0.3) is 0 Å². The number of carboxylic acid groups (broad SMARTS) is 1. The van der Waals surface area contributed by atoms with Crippen LogP contribution in [0.25, 0.3) is 0 Å². The molecule has 0 spiro atoms. The lowest BCUT2D eigenvalue weighted by Gasteiger charge is -2.21. The molecule has 0 aliphatic rings. The van der Waals surface area contributed by atoms with Gasteiger partial charge in [-0.2, -0.15) is 4.89 Å². The molecule has 1 aromatic rings. The number of aliphatic carboxylic acids is 1. The first-order valence-corrected chi connectivity index (χ1v) is 7.51. The van der Waals surface area contributed by atoms with E-state index < -0.39 is 29.8 Å². The third-order valence-electron chi connectivity index (χ3n) is 2.64. The van der Waals surface area contributed by atoms with Crippen LogP contribution in [-0.4, -0.2) is 41.4 Å². The summed E-state index contributed by atoms with van der Waals surface area (Å²) in [5, 5.41) is 13.4. The first kappa shape index (κ1) is 20.2. The van der Waals surface area contributed by atoms with Crippen LogP contribution in [0, 0.1) is 0 Å². The van der Waals surface area contributed by atoms with Gasteiger partial charge in [-0.05, 0) is 26.3 Å². The van der Waals surface area contributed by atoms with Gasteiger partial charge >= 0.3 is 18.2 Å². The normalized spacial score (nSPS) is 12.0. The van der Waals surface area contributed by atoms with Gasteiger partial charge in [0.1, 0.15) is 18.2 Å². The van der Waals surface area contributed by atoms with Gasteiger partial charge in [-0.15, -0.1) is 0 Å². The number of amides is 2. The molecule has 1 aromatic carbocycles. The van der Waals surface area contributed by atoms with E-state index in [1.165, 1.54) is 0 Å². The predicted octanol–water partition coefficient (Wildman–Crippen LogP) is 1.82. The molecule has 1 atom stereocenters. The molecule has 1 rings (SSSR count). The average Bonchev–Trinajstić information content (AvgIpc) is 2.50. The SMILES string of the molecule is CC(C)(C)OC(=O)NC[C@H](NC(=O)OOCc1ccccc1)C(=O)O. The number of carbonyl (C=O) groups is 3. The molecule has 2 amide bonds. The Morgan fingerprint density at radius 2 is 1.76 bits per heavy atom. The number of carboxylic acids is 1. The van der Waals surface area contributed by atoms with Crippen LogP contribution >= 0.6 is 0 Å². The highest BCUT2D eigenvalue weighted by Gasteiger charge is 2.23. The van der Waals surface area contributed by atoms with E-state index in [-0.39, 0.29) is 13.2 Å². The zero-order valence-corrected chi connectivity index (χ0v) is 14.3. The topological polar surface area (TPSA) is 123 Å². The Kier molecular flexibility index (Phi) is 7.67. The molecule has 25 heavy (non-hydrogen) atoms. The number of hydrogen-bond donors (Lipinski definition) is 3. The van der Waals surface area contributed by atoms with Crippen molar-refractivity contribution in [3.05, 3.63) is 35.9 Å². The molecule has 3 N–H and O–H groups in total. The van der Waals surface area contributed by atoms with E-state index in [0.29, 0.717) is 0 Å². The monoisotopic (exact) mass is 354 g/mol. The molecule has 138 valence electrons. The first-order chi connectivity index (χ1) is 11.7. The molecule has 0 radical (unpaired) electrons. The molecule has 0 aliphatic heterocycles. The molecule has 0 aliphatic carbocycles. The van der Waals surface area contributed by atoms with Gasteiger partial charge in [-0.3, -0.25) is 4.89 Å². The molecule has 0 unspecified atom stereocenters. The van der Waals surface area contributed by atoms with Gasteiger partial charge in [0, 0.05) is 0 Å². The largest absolute Gasteiger partial charge is 0.480 e. The molecule has 9 heteroatoms. The van der Waals surface area contributed by atoms with E-state index in [0.717, 1.165) is 5.56 Å². The molecule has 9 nitrogen and oxygen atoms in total. The highest BCUT2D eigenvalue weighted by molar-refractivity contribution is 5.80. The van der Waals surface area contributed by atoms with Crippen LogP contribution in [-0.2, 0) is 25.9 Å². The molecule has 0 bridgehead atoms. The van der Waals surface area contributed by atoms with Gasteiger partial charge in [0.2, 0.25) is 0 Å². The average molecular weight is 354 g/mol. The molecule has 0 saturated heterocycles. The van der Waals surface area contributed by atoms with E-state index in [4.69, 9.17) is 14.7 Å². The molecule has 0 heterocycles. The summed E-state index contributed by atoms with van der Waals surface area (Å²) in [5.41, 5.74) is 0.0529. The van der Waals surface area contributed by atoms with Crippen molar-refractivity contribution < 1.29 is 34.0 Å². The fourth-order valence-corrected chi connectivity index (χ4v) is 1.59. The van der Waals surface area contributed by atoms with Crippen LogP contribution in [0.2, 0.25) is 0 Å². The highest BCUT2D eigenvalue weighted by Crippen LogP contribution is 2.06. The fourth-order valence-electron chi connectivity index (χ4n) is 1.59. The second-order valence-corrected chi connectivity index (χ2v) is 6.04. The third-order valence-corrected chi connectivity index (χ3v) is 2.64. The lowest BCUT2D eigenvalue weighted by molar-refractivity contribution is -0.249. The minimum Gasteiger partial charge on any atom is -0.480 e. The Labute approximate surface area is 145 Å². The van der Waals surface area contributed by atoms with Crippen molar-refractivity contribution in [2.24, 2.45) is 0 Å². The first-order valence-electron chi connectivity index (χ1n) is 7.51. The zero-order chi connectivity index (χ0) is 18.9. The third kappa shape index (κ3) is 9.16.